The second-order valence-corrected chi connectivity index (χ2v) is 5.82. The number of hydrogen-bond acceptors (Lipinski definition) is 2. The van der Waals surface area contributed by atoms with E-state index in [1.54, 1.807) is 0 Å². The molecule has 0 aromatic rings. The van der Waals surface area contributed by atoms with E-state index in [0.29, 0.717) is 5.41 Å². The fourth-order valence-electron chi connectivity index (χ4n) is 3.20. The lowest BCUT2D eigenvalue weighted by molar-refractivity contribution is -0.124. The minimum atomic E-state index is 0.0718. The fraction of sp³-hybridized carbons (Fsp3) is 0.929. The minimum absolute atomic E-state index is 0.0718. The van der Waals surface area contributed by atoms with E-state index in [0.717, 1.165) is 19.5 Å². The summed E-state index contributed by atoms with van der Waals surface area (Å²) >= 11 is 0. The Hall–Kier alpha value is -0.570. The van der Waals surface area contributed by atoms with Crippen molar-refractivity contribution in [3.63, 3.8) is 0 Å². The van der Waals surface area contributed by atoms with Crippen LogP contribution in [0.25, 0.3) is 0 Å². The second-order valence-electron chi connectivity index (χ2n) is 5.82. The molecule has 1 saturated heterocycles. The van der Waals surface area contributed by atoms with Crippen molar-refractivity contribution in [3.8, 4) is 0 Å². The number of rotatable bonds is 5. The van der Waals surface area contributed by atoms with Gasteiger partial charge in [0.15, 0.2) is 0 Å². The Morgan fingerprint density at radius 2 is 2.18 bits per heavy atom. The van der Waals surface area contributed by atoms with Crippen LogP contribution in [0.4, 0.5) is 0 Å². The van der Waals surface area contributed by atoms with Gasteiger partial charge >= 0.3 is 0 Å². The van der Waals surface area contributed by atoms with Crippen LogP contribution in [0.3, 0.4) is 0 Å². The quantitative estimate of drug-likeness (QED) is 0.771. The van der Waals surface area contributed by atoms with Gasteiger partial charge in [-0.3, -0.25) is 4.79 Å². The van der Waals surface area contributed by atoms with Gasteiger partial charge in [-0.25, -0.2) is 0 Å². The molecule has 3 nitrogen and oxygen atoms in total. The number of hydrogen-bond donors (Lipinski definition) is 2. The van der Waals surface area contributed by atoms with Crippen molar-refractivity contribution < 1.29 is 4.79 Å². The summed E-state index contributed by atoms with van der Waals surface area (Å²) in [5.41, 5.74) is 0.444. The van der Waals surface area contributed by atoms with E-state index in [1.165, 1.54) is 44.9 Å². The SMILES string of the molecule is CCCC1(CNC(=O)C2CCCCN2)CCC1. The smallest absolute Gasteiger partial charge is 0.237 e. The number of amides is 1. The molecule has 1 unspecified atom stereocenters. The topological polar surface area (TPSA) is 41.1 Å². The van der Waals surface area contributed by atoms with Crippen LogP contribution in [0.2, 0.25) is 0 Å². The van der Waals surface area contributed by atoms with E-state index in [-0.39, 0.29) is 11.9 Å². The molecule has 1 amide bonds. The third kappa shape index (κ3) is 3.21. The Balaban J connectivity index is 1.74. The molecule has 1 atom stereocenters. The second kappa shape index (κ2) is 5.85. The predicted octanol–water partition coefficient (Wildman–Crippen LogP) is 2.22. The van der Waals surface area contributed by atoms with E-state index in [4.69, 9.17) is 0 Å². The van der Waals surface area contributed by atoms with Gasteiger partial charge in [0, 0.05) is 6.54 Å². The van der Waals surface area contributed by atoms with Crippen molar-refractivity contribution in [1.82, 2.24) is 10.6 Å². The van der Waals surface area contributed by atoms with E-state index < -0.39 is 0 Å². The van der Waals surface area contributed by atoms with E-state index >= 15 is 0 Å². The molecule has 0 radical (unpaired) electrons. The predicted molar refractivity (Wildman–Crippen MR) is 69.8 cm³/mol. The van der Waals surface area contributed by atoms with Crippen LogP contribution in [-0.4, -0.2) is 25.0 Å². The summed E-state index contributed by atoms with van der Waals surface area (Å²) in [6.07, 6.45) is 9.86. The zero-order chi connectivity index (χ0) is 12.1. The molecule has 3 heteroatoms. The lowest BCUT2D eigenvalue weighted by atomic mass is 9.66. The molecular weight excluding hydrogens is 212 g/mol. The summed E-state index contributed by atoms with van der Waals surface area (Å²) in [7, 11) is 0. The average molecular weight is 238 g/mol. The van der Waals surface area contributed by atoms with Crippen LogP contribution in [0, 0.1) is 5.41 Å². The zero-order valence-corrected chi connectivity index (χ0v) is 11.1. The van der Waals surface area contributed by atoms with E-state index in [1.807, 2.05) is 0 Å². The first-order valence-electron chi connectivity index (χ1n) is 7.27. The maximum Gasteiger partial charge on any atom is 0.237 e. The highest BCUT2D eigenvalue weighted by molar-refractivity contribution is 5.81. The molecule has 1 saturated carbocycles. The van der Waals surface area contributed by atoms with Crippen LogP contribution in [0.5, 0.6) is 0 Å². The molecular formula is C14H26N2O. The highest BCUT2D eigenvalue weighted by atomic mass is 16.2. The van der Waals surface area contributed by atoms with Gasteiger partial charge < -0.3 is 10.6 Å². The van der Waals surface area contributed by atoms with Crippen LogP contribution >= 0.6 is 0 Å². The average Bonchev–Trinajstić information content (AvgIpc) is 2.33. The van der Waals surface area contributed by atoms with E-state index in [9.17, 15) is 4.79 Å². The molecule has 2 aliphatic rings. The Bertz CT molecular complexity index is 255. The van der Waals surface area contributed by atoms with Gasteiger partial charge in [0.1, 0.15) is 0 Å². The first kappa shape index (κ1) is 12.9. The summed E-state index contributed by atoms with van der Waals surface area (Å²) in [5.74, 6) is 0.229. The maximum absolute atomic E-state index is 12.0. The monoisotopic (exact) mass is 238 g/mol. The summed E-state index contributed by atoms with van der Waals surface area (Å²) in [6, 6.07) is 0.0718. The third-order valence-electron chi connectivity index (χ3n) is 4.46. The van der Waals surface area contributed by atoms with E-state index in [2.05, 4.69) is 17.6 Å². The van der Waals surface area contributed by atoms with Crippen LogP contribution in [-0.2, 0) is 4.79 Å². The van der Waals surface area contributed by atoms with Gasteiger partial charge in [-0.2, -0.15) is 0 Å². The summed E-state index contributed by atoms with van der Waals surface area (Å²) in [6.45, 7) is 4.14. The van der Waals surface area contributed by atoms with Crippen molar-refractivity contribution in [2.24, 2.45) is 5.41 Å². The lowest BCUT2D eigenvalue weighted by Gasteiger charge is -2.42. The number of piperidine rings is 1. The maximum atomic E-state index is 12.0. The molecule has 2 N–H and O–H groups in total. The molecule has 2 rings (SSSR count). The number of carbonyl (C=O) groups is 1. The van der Waals surface area contributed by atoms with Crippen LogP contribution < -0.4 is 10.6 Å². The highest BCUT2D eigenvalue weighted by Crippen LogP contribution is 2.44. The van der Waals surface area contributed by atoms with Crippen molar-refractivity contribution in [1.29, 1.82) is 0 Å². The Morgan fingerprint density at radius 3 is 2.71 bits per heavy atom. The first-order valence-corrected chi connectivity index (χ1v) is 7.27. The zero-order valence-electron chi connectivity index (χ0n) is 11.1. The number of nitrogens with one attached hydrogen (secondary N) is 2. The van der Waals surface area contributed by atoms with Crippen LogP contribution in [0.15, 0.2) is 0 Å². The van der Waals surface area contributed by atoms with Crippen molar-refractivity contribution in [2.45, 2.75) is 64.3 Å². The van der Waals surface area contributed by atoms with Gasteiger partial charge in [-0.1, -0.05) is 26.2 Å². The number of carbonyl (C=O) groups excluding carboxylic acids is 1. The third-order valence-corrected chi connectivity index (χ3v) is 4.46. The Labute approximate surface area is 105 Å². The van der Waals surface area contributed by atoms with Crippen LogP contribution in [0.1, 0.15) is 58.3 Å². The van der Waals surface area contributed by atoms with Crippen molar-refractivity contribution in [3.05, 3.63) is 0 Å². The summed E-state index contributed by atoms with van der Waals surface area (Å²) in [4.78, 5) is 12.0. The molecule has 2 fully saturated rings. The molecule has 0 aromatic heterocycles. The van der Waals surface area contributed by atoms with Crippen molar-refractivity contribution >= 4 is 5.91 Å². The van der Waals surface area contributed by atoms with Crippen molar-refractivity contribution in [2.75, 3.05) is 13.1 Å². The molecule has 1 heterocycles. The summed E-state index contributed by atoms with van der Waals surface area (Å²) in [5, 5.41) is 6.49. The largest absolute Gasteiger partial charge is 0.354 e. The molecule has 0 spiro atoms. The fourth-order valence-corrected chi connectivity index (χ4v) is 3.20. The lowest BCUT2D eigenvalue weighted by Crippen LogP contribution is -2.50. The Morgan fingerprint density at radius 1 is 1.35 bits per heavy atom. The molecule has 98 valence electrons. The molecule has 0 aromatic carbocycles. The highest BCUT2D eigenvalue weighted by Gasteiger charge is 2.36. The molecule has 0 bridgehead atoms. The first-order chi connectivity index (χ1) is 8.26. The Kier molecular flexibility index (Phi) is 4.43. The normalized spacial score (nSPS) is 27.2. The van der Waals surface area contributed by atoms with Gasteiger partial charge in [0.2, 0.25) is 5.91 Å². The molecule has 1 aliphatic carbocycles. The van der Waals surface area contributed by atoms with Gasteiger partial charge in [0.25, 0.3) is 0 Å². The standard InChI is InChI=1S/C14H26N2O/c1-2-7-14(8-5-9-14)11-16-13(17)12-6-3-4-10-15-12/h12,15H,2-11H2,1H3,(H,16,17). The van der Waals surface area contributed by atoms with Gasteiger partial charge in [-0.05, 0) is 44.1 Å². The molecule has 17 heavy (non-hydrogen) atoms. The van der Waals surface area contributed by atoms with Gasteiger partial charge in [-0.15, -0.1) is 0 Å². The summed E-state index contributed by atoms with van der Waals surface area (Å²) < 4.78 is 0. The van der Waals surface area contributed by atoms with Gasteiger partial charge in [0.05, 0.1) is 6.04 Å². The molecule has 1 aliphatic heterocycles. The minimum Gasteiger partial charge on any atom is -0.354 e.